The maximum Gasteiger partial charge on any atom is 0.162 e. The zero-order chi connectivity index (χ0) is 12.9. The average molecular weight is 319 g/mol. The SMILES string of the molecule is CCS(=O)(=O)CCCC(=O)c1cccc(Br)c1. The second-order valence-electron chi connectivity index (χ2n) is 3.77. The van der Waals surface area contributed by atoms with Crippen LogP contribution in [0.2, 0.25) is 0 Å². The Morgan fingerprint density at radius 2 is 2.06 bits per heavy atom. The third kappa shape index (κ3) is 5.00. The summed E-state index contributed by atoms with van der Waals surface area (Å²) >= 11 is 3.29. The van der Waals surface area contributed by atoms with E-state index in [2.05, 4.69) is 15.9 Å². The lowest BCUT2D eigenvalue weighted by Gasteiger charge is -2.02. The molecule has 0 aromatic heterocycles. The first-order valence-electron chi connectivity index (χ1n) is 5.44. The second-order valence-corrected chi connectivity index (χ2v) is 7.16. The summed E-state index contributed by atoms with van der Waals surface area (Å²) in [5.74, 6) is 0.207. The van der Waals surface area contributed by atoms with E-state index in [1.165, 1.54) is 0 Å². The van der Waals surface area contributed by atoms with Gasteiger partial charge in [-0.3, -0.25) is 4.79 Å². The normalized spacial score (nSPS) is 11.4. The van der Waals surface area contributed by atoms with Gasteiger partial charge in [0.2, 0.25) is 0 Å². The van der Waals surface area contributed by atoms with Gasteiger partial charge in [0.15, 0.2) is 5.78 Å². The fraction of sp³-hybridized carbons (Fsp3) is 0.417. The van der Waals surface area contributed by atoms with E-state index in [1.54, 1.807) is 25.1 Å². The lowest BCUT2D eigenvalue weighted by Crippen LogP contribution is -2.10. The van der Waals surface area contributed by atoms with Gasteiger partial charge in [-0.2, -0.15) is 0 Å². The summed E-state index contributed by atoms with van der Waals surface area (Å²) in [7, 11) is -2.97. The van der Waals surface area contributed by atoms with E-state index in [4.69, 9.17) is 0 Å². The predicted molar refractivity (Wildman–Crippen MR) is 72.0 cm³/mol. The quantitative estimate of drug-likeness (QED) is 0.758. The van der Waals surface area contributed by atoms with Gasteiger partial charge in [0, 0.05) is 22.2 Å². The minimum Gasteiger partial charge on any atom is -0.294 e. The van der Waals surface area contributed by atoms with Gasteiger partial charge in [-0.25, -0.2) is 8.42 Å². The van der Waals surface area contributed by atoms with E-state index in [9.17, 15) is 13.2 Å². The standard InChI is InChI=1S/C12H15BrO3S/c1-2-17(15,16)8-4-7-12(14)10-5-3-6-11(13)9-10/h3,5-6,9H,2,4,7-8H2,1H3. The summed E-state index contributed by atoms with van der Waals surface area (Å²) < 4.78 is 23.4. The highest BCUT2D eigenvalue weighted by Gasteiger charge is 2.10. The molecule has 17 heavy (non-hydrogen) atoms. The highest BCUT2D eigenvalue weighted by molar-refractivity contribution is 9.10. The molecule has 0 radical (unpaired) electrons. The number of carbonyl (C=O) groups excluding carboxylic acids is 1. The number of sulfone groups is 1. The number of hydrogen-bond donors (Lipinski definition) is 0. The van der Waals surface area contributed by atoms with Crippen LogP contribution in [0.15, 0.2) is 28.7 Å². The van der Waals surface area contributed by atoms with Crippen LogP contribution in [0.5, 0.6) is 0 Å². The zero-order valence-electron chi connectivity index (χ0n) is 9.65. The third-order valence-electron chi connectivity index (χ3n) is 2.45. The molecule has 0 aliphatic heterocycles. The Hall–Kier alpha value is -0.680. The Morgan fingerprint density at radius 1 is 1.35 bits per heavy atom. The third-order valence-corrected chi connectivity index (χ3v) is 4.73. The summed E-state index contributed by atoms with van der Waals surface area (Å²) in [6.07, 6.45) is 0.664. The molecule has 0 N–H and O–H groups in total. The van der Waals surface area contributed by atoms with E-state index >= 15 is 0 Å². The lowest BCUT2D eigenvalue weighted by atomic mass is 10.1. The fourth-order valence-corrected chi connectivity index (χ4v) is 2.68. The zero-order valence-corrected chi connectivity index (χ0v) is 12.1. The molecule has 0 heterocycles. The first kappa shape index (κ1) is 14.4. The van der Waals surface area contributed by atoms with Crippen molar-refractivity contribution in [1.29, 1.82) is 0 Å². The van der Waals surface area contributed by atoms with Crippen LogP contribution in [0.1, 0.15) is 30.1 Å². The Kier molecular flexibility index (Phi) is 5.33. The number of carbonyl (C=O) groups is 1. The summed E-state index contributed by atoms with van der Waals surface area (Å²) in [4.78, 5) is 11.8. The smallest absolute Gasteiger partial charge is 0.162 e. The Bertz CT molecular complexity index is 494. The van der Waals surface area contributed by atoms with E-state index in [0.29, 0.717) is 12.0 Å². The molecule has 5 heteroatoms. The van der Waals surface area contributed by atoms with Crippen molar-refractivity contribution >= 4 is 31.6 Å². The molecule has 0 aliphatic rings. The van der Waals surface area contributed by atoms with Crippen molar-refractivity contribution in [2.24, 2.45) is 0 Å². The highest BCUT2D eigenvalue weighted by Crippen LogP contribution is 2.14. The van der Waals surface area contributed by atoms with Crippen LogP contribution in [-0.4, -0.2) is 25.7 Å². The molecular weight excluding hydrogens is 304 g/mol. The Labute approximate surface area is 110 Å². The molecule has 0 fully saturated rings. The van der Waals surface area contributed by atoms with Crippen LogP contribution in [0, 0.1) is 0 Å². The van der Waals surface area contributed by atoms with Crippen LogP contribution >= 0.6 is 15.9 Å². The van der Waals surface area contributed by atoms with E-state index in [0.717, 1.165) is 4.47 Å². The van der Waals surface area contributed by atoms with Gasteiger partial charge in [0.25, 0.3) is 0 Å². The predicted octanol–water partition coefficient (Wildman–Crippen LogP) is 2.85. The van der Waals surface area contributed by atoms with Crippen molar-refractivity contribution in [3.63, 3.8) is 0 Å². The topological polar surface area (TPSA) is 51.2 Å². The first-order valence-corrected chi connectivity index (χ1v) is 8.05. The molecule has 0 saturated carbocycles. The highest BCUT2D eigenvalue weighted by atomic mass is 79.9. The van der Waals surface area contributed by atoms with Crippen molar-refractivity contribution in [2.75, 3.05) is 11.5 Å². The van der Waals surface area contributed by atoms with E-state index in [-0.39, 0.29) is 23.7 Å². The molecule has 1 rings (SSSR count). The van der Waals surface area contributed by atoms with Gasteiger partial charge >= 0.3 is 0 Å². The average Bonchev–Trinajstić information content (AvgIpc) is 2.28. The maximum atomic E-state index is 11.8. The van der Waals surface area contributed by atoms with Crippen LogP contribution in [-0.2, 0) is 9.84 Å². The van der Waals surface area contributed by atoms with Gasteiger partial charge in [-0.1, -0.05) is 35.0 Å². The lowest BCUT2D eigenvalue weighted by molar-refractivity contribution is 0.0982. The van der Waals surface area contributed by atoms with Gasteiger partial charge < -0.3 is 0 Å². The summed E-state index contributed by atoms with van der Waals surface area (Å²) in [6.45, 7) is 1.62. The van der Waals surface area contributed by atoms with Crippen molar-refractivity contribution < 1.29 is 13.2 Å². The number of hydrogen-bond acceptors (Lipinski definition) is 3. The Morgan fingerprint density at radius 3 is 2.65 bits per heavy atom. The molecular formula is C12H15BrO3S. The number of Topliss-reactive ketones (excluding diaryl/α,β-unsaturated/α-hetero) is 1. The molecule has 0 saturated heterocycles. The van der Waals surface area contributed by atoms with Crippen LogP contribution in [0.4, 0.5) is 0 Å². The van der Waals surface area contributed by atoms with Crippen molar-refractivity contribution in [3.8, 4) is 0 Å². The number of benzene rings is 1. The minimum absolute atomic E-state index is 0.0161. The molecule has 0 aliphatic carbocycles. The summed E-state index contributed by atoms with van der Waals surface area (Å²) in [5.41, 5.74) is 0.619. The van der Waals surface area contributed by atoms with Crippen molar-refractivity contribution in [3.05, 3.63) is 34.3 Å². The molecule has 0 unspecified atom stereocenters. The molecule has 0 amide bonds. The molecule has 0 spiro atoms. The molecule has 3 nitrogen and oxygen atoms in total. The van der Waals surface area contributed by atoms with Crippen LogP contribution < -0.4 is 0 Å². The molecule has 1 aromatic carbocycles. The first-order chi connectivity index (χ1) is 7.94. The van der Waals surface area contributed by atoms with Crippen LogP contribution in [0.3, 0.4) is 0 Å². The Balaban J connectivity index is 2.51. The van der Waals surface area contributed by atoms with Gasteiger partial charge in [-0.15, -0.1) is 0 Å². The minimum atomic E-state index is -2.97. The molecule has 1 aromatic rings. The molecule has 0 atom stereocenters. The maximum absolute atomic E-state index is 11.8. The van der Waals surface area contributed by atoms with Gasteiger partial charge in [0.1, 0.15) is 9.84 Å². The van der Waals surface area contributed by atoms with E-state index < -0.39 is 9.84 Å². The monoisotopic (exact) mass is 318 g/mol. The van der Waals surface area contributed by atoms with E-state index in [1.807, 2.05) is 6.07 Å². The van der Waals surface area contributed by atoms with Crippen LogP contribution in [0.25, 0.3) is 0 Å². The molecule has 0 bridgehead atoms. The second kappa shape index (κ2) is 6.31. The molecule has 94 valence electrons. The largest absolute Gasteiger partial charge is 0.294 e. The number of rotatable bonds is 6. The fourth-order valence-electron chi connectivity index (χ4n) is 1.40. The summed E-state index contributed by atoms with van der Waals surface area (Å²) in [6, 6.07) is 7.12. The van der Waals surface area contributed by atoms with Gasteiger partial charge in [-0.05, 0) is 18.6 Å². The van der Waals surface area contributed by atoms with Crippen molar-refractivity contribution in [1.82, 2.24) is 0 Å². The summed E-state index contributed by atoms with van der Waals surface area (Å²) in [5, 5.41) is 0. The number of halogens is 1. The van der Waals surface area contributed by atoms with Crippen molar-refractivity contribution in [2.45, 2.75) is 19.8 Å². The van der Waals surface area contributed by atoms with Gasteiger partial charge in [0.05, 0.1) is 5.75 Å². The number of ketones is 1.